The number of rotatable bonds is 6. The molecule has 1 N–H and O–H groups in total. The van der Waals surface area contributed by atoms with Crippen LogP contribution < -0.4 is 14.8 Å². The van der Waals surface area contributed by atoms with Gasteiger partial charge in [-0.25, -0.2) is 0 Å². The van der Waals surface area contributed by atoms with Crippen molar-refractivity contribution in [2.24, 2.45) is 0 Å². The maximum Gasteiger partial charge on any atom is 0.162 e. The molecule has 1 aromatic carbocycles. The normalized spacial score (nSPS) is 16.6. The van der Waals surface area contributed by atoms with E-state index in [4.69, 9.17) is 9.47 Å². The third-order valence-corrected chi connectivity index (χ3v) is 4.87. The van der Waals surface area contributed by atoms with Gasteiger partial charge >= 0.3 is 0 Å². The van der Waals surface area contributed by atoms with E-state index in [1.807, 2.05) is 19.9 Å². The number of ether oxygens (including phenoxy) is 2. The summed E-state index contributed by atoms with van der Waals surface area (Å²) in [5.41, 5.74) is 1.22. The monoisotopic (exact) mass is 369 g/mol. The van der Waals surface area contributed by atoms with E-state index in [1.165, 1.54) is 44.1 Å². The Morgan fingerprint density at radius 3 is 2.41 bits per heavy atom. The Morgan fingerprint density at radius 1 is 1.14 bits per heavy atom. The van der Waals surface area contributed by atoms with Gasteiger partial charge in [0.25, 0.3) is 0 Å². The molecular formula is C18H28BrNO2. The summed E-state index contributed by atoms with van der Waals surface area (Å²) in [5.74, 6) is 1.59. The molecule has 0 spiro atoms. The van der Waals surface area contributed by atoms with Crippen molar-refractivity contribution in [1.29, 1.82) is 0 Å². The molecule has 1 aliphatic rings. The highest BCUT2D eigenvalue weighted by Crippen LogP contribution is 2.34. The van der Waals surface area contributed by atoms with E-state index in [9.17, 15) is 0 Å². The smallest absolute Gasteiger partial charge is 0.162 e. The summed E-state index contributed by atoms with van der Waals surface area (Å²) in [7, 11) is 1.69. The summed E-state index contributed by atoms with van der Waals surface area (Å²) in [6, 6.07) is 4.74. The first-order chi connectivity index (χ1) is 10.6. The first kappa shape index (κ1) is 17.6. The van der Waals surface area contributed by atoms with Crippen LogP contribution in [0.4, 0.5) is 0 Å². The van der Waals surface area contributed by atoms with Gasteiger partial charge in [-0.05, 0) is 44.4 Å². The Hall–Kier alpha value is -0.740. The van der Waals surface area contributed by atoms with Crippen molar-refractivity contribution >= 4 is 15.9 Å². The number of methoxy groups -OCH3 is 1. The predicted octanol–water partition coefficient (Wildman–Crippen LogP) is 5.06. The fourth-order valence-electron chi connectivity index (χ4n) is 2.96. The Bertz CT molecular complexity index is 468. The van der Waals surface area contributed by atoms with Gasteiger partial charge < -0.3 is 14.8 Å². The van der Waals surface area contributed by atoms with Gasteiger partial charge in [0.15, 0.2) is 11.5 Å². The molecule has 0 amide bonds. The molecule has 1 fully saturated rings. The van der Waals surface area contributed by atoms with E-state index >= 15 is 0 Å². The maximum atomic E-state index is 5.81. The second-order valence-corrected chi connectivity index (χ2v) is 7.18. The van der Waals surface area contributed by atoms with Crippen LogP contribution in [0.3, 0.4) is 0 Å². The molecule has 124 valence electrons. The number of nitrogens with one attached hydrogen (secondary N) is 1. The van der Waals surface area contributed by atoms with Crippen LogP contribution in [0.15, 0.2) is 16.6 Å². The Kier molecular flexibility index (Phi) is 7.03. The predicted molar refractivity (Wildman–Crippen MR) is 94.8 cm³/mol. The lowest BCUT2D eigenvalue weighted by Gasteiger charge is -2.19. The van der Waals surface area contributed by atoms with Gasteiger partial charge in [-0.2, -0.15) is 0 Å². The van der Waals surface area contributed by atoms with E-state index in [-0.39, 0.29) is 6.10 Å². The topological polar surface area (TPSA) is 30.5 Å². The van der Waals surface area contributed by atoms with Crippen LogP contribution >= 0.6 is 15.9 Å². The third-order valence-electron chi connectivity index (χ3n) is 4.13. The molecular weight excluding hydrogens is 342 g/mol. The van der Waals surface area contributed by atoms with Gasteiger partial charge in [0.1, 0.15) is 0 Å². The molecule has 0 saturated heterocycles. The van der Waals surface area contributed by atoms with E-state index < -0.39 is 0 Å². The van der Waals surface area contributed by atoms with Crippen LogP contribution in [0.2, 0.25) is 0 Å². The van der Waals surface area contributed by atoms with E-state index in [0.717, 1.165) is 22.5 Å². The lowest BCUT2D eigenvalue weighted by Crippen LogP contribution is -2.28. The van der Waals surface area contributed by atoms with Gasteiger partial charge in [-0.3, -0.25) is 0 Å². The van der Waals surface area contributed by atoms with Crippen molar-refractivity contribution in [3.63, 3.8) is 0 Å². The Morgan fingerprint density at radius 2 is 1.82 bits per heavy atom. The second-order valence-electron chi connectivity index (χ2n) is 6.33. The van der Waals surface area contributed by atoms with Crippen LogP contribution in [-0.2, 0) is 6.54 Å². The SMILES string of the molecule is COc1cc(CNC2CCCCCC2)c(Br)cc1OC(C)C. The van der Waals surface area contributed by atoms with Crippen molar-refractivity contribution < 1.29 is 9.47 Å². The molecule has 22 heavy (non-hydrogen) atoms. The van der Waals surface area contributed by atoms with Crippen LogP contribution in [0.25, 0.3) is 0 Å². The zero-order valence-corrected chi connectivity index (χ0v) is 15.5. The standard InChI is InChI=1S/C18H28BrNO2/c1-13(2)22-18-11-16(19)14(10-17(18)21-3)12-20-15-8-6-4-5-7-9-15/h10-11,13,15,20H,4-9,12H2,1-3H3. The van der Waals surface area contributed by atoms with Crippen molar-refractivity contribution in [2.45, 2.75) is 71.1 Å². The summed E-state index contributed by atoms with van der Waals surface area (Å²) in [5, 5.41) is 3.70. The second kappa shape index (κ2) is 8.78. The van der Waals surface area contributed by atoms with Gasteiger partial charge in [-0.1, -0.05) is 41.6 Å². The van der Waals surface area contributed by atoms with Crippen molar-refractivity contribution in [3.05, 3.63) is 22.2 Å². The van der Waals surface area contributed by atoms with Crippen LogP contribution in [-0.4, -0.2) is 19.3 Å². The molecule has 3 nitrogen and oxygen atoms in total. The van der Waals surface area contributed by atoms with Crippen LogP contribution in [0, 0.1) is 0 Å². The van der Waals surface area contributed by atoms with E-state index in [2.05, 4.69) is 27.3 Å². The number of hydrogen-bond donors (Lipinski definition) is 1. The largest absolute Gasteiger partial charge is 0.493 e. The molecule has 0 unspecified atom stereocenters. The Balaban J connectivity index is 2.03. The zero-order chi connectivity index (χ0) is 15.9. The van der Waals surface area contributed by atoms with Gasteiger partial charge in [0.2, 0.25) is 0 Å². The van der Waals surface area contributed by atoms with Crippen molar-refractivity contribution in [1.82, 2.24) is 5.32 Å². The molecule has 1 aromatic rings. The van der Waals surface area contributed by atoms with Crippen LogP contribution in [0.5, 0.6) is 11.5 Å². The van der Waals surface area contributed by atoms with Gasteiger partial charge in [0.05, 0.1) is 13.2 Å². The highest BCUT2D eigenvalue weighted by Gasteiger charge is 2.15. The number of hydrogen-bond acceptors (Lipinski definition) is 3. The zero-order valence-electron chi connectivity index (χ0n) is 14.0. The van der Waals surface area contributed by atoms with Crippen molar-refractivity contribution in [2.75, 3.05) is 7.11 Å². The minimum atomic E-state index is 0.135. The molecule has 1 saturated carbocycles. The molecule has 2 rings (SSSR count). The van der Waals surface area contributed by atoms with Gasteiger partial charge in [0, 0.05) is 17.1 Å². The first-order valence-electron chi connectivity index (χ1n) is 8.36. The molecule has 0 heterocycles. The van der Waals surface area contributed by atoms with Crippen LogP contribution in [0.1, 0.15) is 57.9 Å². The molecule has 0 aromatic heterocycles. The summed E-state index contributed by atoms with van der Waals surface area (Å²) in [6.07, 6.45) is 8.20. The molecule has 0 radical (unpaired) electrons. The fraction of sp³-hybridized carbons (Fsp3) is 0.667. The summed E-state index contributed by atoms with van der Waals surface area (Å²) >= 11 is 3.67. The summed E-state index contributed by atoms with van der Waals surface area (Å²) in [4.78, 5) is 0. The molecule has 4 heteroatoms. The third kappa shape index (κ3) is 5.17. The summed E-state index contributed by atoms with van der Waals surface area (Å²) < 4.78 is 12.4. The van der Waals surface area contributed by atoms with Gasteiger partial charge in [-0.15, -0.1) is 0 Å². The average molecular weight is 370 g/mol. The highest BCUT2D eigenvalue weighted by molar-refractivity contribution is 9.10. The number of halogens is 1. The lowest BCUT2D eigenvalue weighted by atomic mass is 10.1. The highest BCUT2D eigenvalue weighted by atomic mass is 79.9. The first-order valence-corrected chi connectivity index (χ1v) is 9.16. The van der Waals surface area contributed by atoms with E-state index in [1.54, 1.807) is 7.11 Å². The Labute approximate surface area is 142 Å². The van der Waals surface area contributed by atoms with Crippen molar-refractivity contribution in [3.8, 4) is 11.5 Å². The minimum Gasteiger partial charge on any atom is -0.493 e. The molecule has 1 aliphatic carbocycles. The number of benzene rings is 1. The fourth-order valence-corrected chi connectivity index (χ4v) is 3.42. The maximum absolute atomic E-state index is 5.81. The summed E-state index contributed by atoms with van der Waals surface area (Å²) in [6.45, 7) is 4.91. The molecule has 0 aliphatic heterocycles. The van der Waals surface area contributed by atoms with E-state index in [0.29, 0.717) is 6.04 Å². The minimum absolute atomic E-state index is 0.135. The average Bonchev–Trinajstić information content (AvgIpc) is 2.74. The quantitative estimate of drug-likeness (QED) is 0.711. The molecule has 0 atom stereocenters. The molecule has 0 bridgehead atoms. The lowest BCUT2D eigenvalue weighted by molar-refractivity contribution is 0.230.